The number of halogens is 3. The number of carbonyl (C=O) groups is 1. The van der Waals surface area contributed by atoms with Crippen molar-refractivity contribution < 1.29 is 36.2 Å². The molecule has 3 aromatic carbocycles. The highest BCUT2D eigenvalue weighted by molar-refractivity contribution is 7.91. The first-order valence-corrected chi connectivity index (χ1v) is 14.1. The lowest BCUT2D eigenvalue weighted by Crippen LogP contribution is -2.31. The number of nitrogens with zero attached hydrogens (tertiary/aromatic N) is 1. The van der Waals surface area contributed by atoms with Gasteiger partial charge in [-0.2, -0.15) is 13.2 Å². The molecule has 0 saturated carbocycles. The zero-order valence-electron chi connectivity index (χ0n) is 21.2. The van der Waals surface area contributed by atoms with Crippen molar-refractivity contribution in [2.45, 2.75) is 36.6 Å². The van der Waals surface area contributed by atoms with Crippen molar-refractivity contribution in [1.29, 1.82) is 0 Å². The Balaban J connectivity index is 1.34. The van der Waals surface area contributed by atoms with Crippen LogP contribution in [0.15, 0.2) is 77.7 Å². The molecule has 1 fully saturated rings. The second kappa shape index (κ2) is 11.7. The molecule has 0 aliphatic carbocycles. The zero-order valence-corrected chi connectivity index (χ0v) is 22.0. The highest BCUT2D eigenvalue weighted by atomic mass is 32.2. The summed E-state index contributed by atoms with van der Waals surface area (Å²) in [5.41, 5.74) is 1.11. The van der Waals surface area contributed by atoms with E-state index in [9.17, 15) is 31.5 Å². The van der Waals surface area contributed by atoms with Crippen LogP contribution in [0.3, 0.4) is 0 Å². The second-order valence-corrected chi connectivity index (χ2v) is 11.5. The summed E-state index contributed by atoms with van der Waals surface area (Å²) in [6.45, 7) is 2.43. The first-order valence-electron chi connectivity index (χ1n) is 12.4. The Kier molecular flexibility index (Phi) is 8.51. The number of sulfone groups is 1. The number of alkyl halides is 3. The van der Waals surface area contributed by atoms with Gasteiger partial charge in [0.2, 0.25) is 0 Å². The lowest BCUT2D eigenvalue weighted by Gasteiger charge is -2.20. The van der Waals surface area contributed by atoms with E-state index in [1.165, 1.54) is 24.3 Å². The first kappa shape index (κ1) is 28.4. The van der Waals surface area contributed by atoms with Gasteiger partial charge in [0.15, 0.2) is 9.84 Å². The molecule has 1 unspecified atom stereocenters. The fourth-order valence-electron chi connectivity index (χ4n) is 4.35. The van der Waals surface area contributed by atoms with E-state index in [0.29, 0.717) is 36.4 Å². The molecule has 4 rings (SSSR count). The van der Waals surface area contributed by atoms with Gasteiger partial charge >= 0.3 is 6.18 Å². The quantitative estimate of drug-likeness (QED) is 0.395. The van der Waals surface area contributed by atoms with Crippen LogP contribution in [-0.2, 0) is 16.0 Å². The Morgan fingerprint density at radius 1 is 1.05 bits per heavy atom. The first-order chi connectivity index (χ1) is 18.5. The second-order valence-electron chi connectivity index (χ2n) is 9.22. The molecule has 1 aliphatic rings. The van der Waals surface area contributed by atoms with Gasteiger partial charge in [-0.15, -0.1) is 0 Å². The number of nitrogens with one attached hydrogen (secondary N) is 1. The number of aliphatic hydroxyl groups excluding tert-OH is 1. The van der Waals surface area contributed by atoms with Crippen molar-refractivity contribution in [2.75, 3.05) is 30.3 Å². The third-order valence-electron chi connectivity index (χ3n) is 6.63. The van der Waals surface area contributed by atoms with Gasteiger partial charge in [0.1, 0.15) is 11.9 Å². The summed E-state index contributed by atoms with van der Waals surface area (Å²) in [5.74, 6) is -0.0371. The van der Waals surface area contributed by atoms with Gasteiger partial charge in [0.25, 0.3) is 5.91 Å². The summed E-state index contributed by atoms with van der Waals surface area (Å²) >= 11 is 0. The zero-order chi connectivity index (χ0) is 28.2. The van der Waals surface area contributed by atoms with Crippen molar-refractivity contribution in [3.8, 4) is 5.75 Å². The van der Waals surface area contributed by atoms with E-state index in [-0.39, 0.29) is 23.4 Å². The van der Waals surface area contributed by atoms with Gasteiger partial charge in [-0.1, -0.05) is 19.1 Å². The number of anilines is 1. The molecule has 0 bridgehead atoms. The number of amides is 1. The minimum absolute atomic E-state index is 0.0211. The van der Waals surface area contributed by atoms with Crippen LogP contribution >= 0.6 is 0 Å². The average Bonchev–Trinajstić information content (AvgIpc) is 3.40. The predicted molar refractivity (Wildman–Crippen MR) is 141 cm³/mol. The van der Waals surface area contributed by atoms with E-state index in [2.05, 4.69) is 10.2 Å². The third kappa shape index (κ3) is 6.90. The Labute approximate surface area is 225 Å². The van der Waals surface area contributed by atoms with Crippen LogP contribution in [0, 0.1) is 0 Å². The molecule has 3 aromatic rings. The van der Waals surface area contributed by atoms with Crippen molar-refractivity contribution >= 4 is 21.4 Å². The molecule has 7 nitrogen and oxygen atoms in total. The number of ether oxygens (including phenoxy) is 1. The third-order valence-corrected chi connectivity index (χ3v) is 8.38. The van der Waals surface area contributed by atoms with Gasteiger partial charge in [-0.3, -0.25) is 4.79 Å². The predicted octanol–water partition coefficient (Wildman–Crippen LogP) is 4.62. The fraction of sp³-hybridized carbons (Fsp3) is 0.321. The van der Waals surface area contributed by atoms with Crippen molar-refractivity contribution in [1.82, 2.24) is 5.32 Å². The van der Waals surface area contributed by atoms with Gasteiger partial charge in [0.05, 0.1) is 35.4 Å². The maximum Gasteiger partial charge on any atom is 0.416 e. The maximum atomic E-state index is 12.8. The minimum Gasteiger partial charge on any atom is -0.489 e. The Morgan fingerprint density at radius 2 is 1.69 bits per heavy atom. The van der Waals surface area contributed by atoms with Gasteiger partial charge in [-0.05, 0) is 66.2 Å². The summed E-state index contributed by atoms with van der Waals surface area (Å²) in [7, 11) is -3.35. The van der Waals surface area contributed by atoms with Crippen LogP contribution in [-0.4, -0.2) is 51.0 Å². The SMILES string of the molecule is CCS(=O)(=O)c1ccc(C(CO)NC(=O)c2ccc(N3CC[C@@H](Oc4ccc(C(F)(F)F)cc4)C3)cc2)cc1. The molecule has 39 heavy (non-hydrogen) atoms. The molecule has 1 saturated heterocycles. The topological polar surface area (TPSA) is 95.9 Å². The molecule has 1 aliphatic heterocycles. The fourth-order valence-corrected chi connectivity index (χ4v) is 5.23. The van der Waals surface area contributed by atoms with E-state index < -0.39 is 33.5 Å². The van der Waals surface area contributed by atoms with Crippen molar-refractivity contribution in [3.63, 3.8) is 0 Å². The summed E-state index contributed by atoms with van der Waals surface area (Å²) in [6, 6.07) is 16.9. The Bertz CT molecular complexity index is 1380. The summed E-state index contributed by atoms with van der Waals surface area (Å²) < 4.78 is 68.2. The lowest BCUT2D eigenvalue weighted by molar-refractivity contribution is -0.137. The molecule has 0 aromatic heterocycles. The number of rotatable bonds is 9. The van der Waals surface area contributed by atoms with Gasteiger partial charge < -0.3 is 20.1 Å². The molecular formula is C28H29F3N2O5S. The van der Waals surface area contributed by atoms with Gasteiger partial charge in [-0.25, -0.2) is 8.42 Å². The van der Waals surface area contributed by atoms with Crippen molar-refractivity contribution in [2.24, 2.45) is 0 Å². The molecule has 1 amide bonds. The molecule has 2 N–H and O–H groups in total. The normalized spacial score (nSPS) is 16.6. The standard InChI is InChI=1S/C28H29F3N2O5S/c1-2-39(36,37)25-13-5-19(6-14-25)26(18-34)32-27(35)20-3-9-22(10-4-20)33-16-15-24(17-33)38-23-11-7-21(8-12-23)28(29,30)31/h3-14,24,26,34H,2,15-18H2,1H3,(H,32,35)/t24-,26?/m1/s1. The Hall–Kier alpha value is -3.57. The van der Waals surface area contributed by atoms with Crippen LogP contribution in [0.1, 0.15) is 40.9 Å². The highest BCUT2D eigenvalue weighted by Gasteiger charge is 2.30. The monoisotopic (exact) mass is 562 g/mol. The van der Waals surface area contributed by atoms with Crippen LogP contribution in [0.5, 0.6) is 5.75 Å². The lowest BCUT2D eigenvalue weighted by atomic mass is 10.1. The molecule has 11 heteroatoms. The smallest absolute Gasteiger partial charge is 0.416 e. The highest BCUT2D eigenvalue weighted by Crippen LogP contribution is 2.31. The summed E-state index contributed by atoms with van der Waals surface area (Å²) in [6.07, 6.45) is -3.88. The molecule has 2 atom stereocenters. The number of benzene rings is 3. The maximum absolute atomic E-state index is 12.8. The van der Waals surface area contributed by atoms with E-state index in [4.69, 9.17) is 4.74 Å². The molecule has 1 heterocycles. The van der Waals surface area contributed by atoms with Gasteiger partial charge in [0, 0.05) is 24.2 Å². The molecule has 0 radical (unpaired) electrons. The van der Waals surface area contributed by atoms with E-state index in [1.807, 2.05) is 0 Å². The van der Waals surface area contributed by atoms with E-state index >= 15 is 0 Å². The number of hydrogen-bond donors (Lipinski definition) is 2. The molecule has 0 spiro atoms. The van der Waals surface area contributed by atoms with Crippen LogP contribution in [0.25, 0.3) is 0 Å². The summed E-state index contributed by atoms with van der Waals surface area (Å²) in [5, 5.41) is 12.6. The number of hydrogen-bond acceptors (Lipinski definition) is 6. The number of aliphatic hydroxyl groups is 1. The van der Waals surface area contributed by atoms with E-state index in [0.717, 1.165) is 17.8 Å². The van der Waals surface area contributed by atoms with Crippen molar-refractivity contribution in [3.05, 3.63) is 89.5 Å². The number of carbonyl (C=O) groups excluding carboxylic acids is 1. The molecular weight excluding hydrogens is 533 g/mol. The van der Waals surface area contributed by atoms with E-state index in [1.54, 1.807) is 43.3 Å². The van der Waals surface area contributed by atoms with Crippen LogP contribution in [0.4, 0.5) is 18.9 Å². The Morgan fingerprint density at radius 3 is 2.26 bits per heavy atom. The minimum atomic E-state index is -4.39. The average molecular weight is 563 g/mol. The summed E-state index contributed by atoms with van der Waals surface area (Å²) in [4.78, 5) is 15.1. The van der Waals surface area contributed by atoms with Crippen LogP contribution in [0.2, 0.25) is 0 Å². The van der Waals surface area contributed by atoms with Crippen LogP contribution < -0.4 is 15.0 Å². The largest absolute Gasteiger partial charge is 0.489 e. The molecule has 208 valence electrons.